The number of anilines is 1. The highest BCUT2D eigenvalue weighted by Crippen LogP contribution is 2.19. The van der Waals surface area contributed by atoms with Crippen molar-refractivity contribution in [2.45, 2.75) is 19.9 Å². The number of halogens is 1. The molecule has 0 amide bonds. The Balaban J connectivity index is 2.00. The molecule has 1 heterocycles. The Labute approximate surface area is 156 Å². The van der Waals surface area contributed by atoms with Crippen LogP contribution in [-0.2, 0) is 15.0 Å². The number of aliphatic carboxylic acids is 1. The SMILES string of the molecule is CC(C)[C@@H](NS(=O)(=O)N1CCN(c2ccc(I)cc2)CC1)C(=O)O. The van der Waals surface area contributed by atoms with Crippen molar-refractivity contribution in [2.75, 3.05) is 31.1 Å². The van der Waals surface area contributed by atoms with Crippen molar-refractivity contribution in [1.29, 1.82) is 0 Å². The number of hydrogen-bond donors (Lipinski definition) is 2. The van der Waals surface area contributed by atoms with Crippen LogP contribution >= 0.6 is 22.6 Å². The average molecular weight is 467 g/mol. The highest BCUT2D eigenvalue weighted by atomic mass is 127. The van der Waals surface area contributed by atoms with Crippen molar-refractivity contribution in [3.05, 3.63) is 27.8 Å². The third kappa shape index (κ3) is 4.80. The van der Waals surface area contributed by atoms with Gasteiger partial charge in [-0.2, -0.15) is 17.4 Å². The molecule has 7 nitrogen and oxygen atoms in total. The molecule has 0 aromatic heterocycles. The summed E-state index contributed by atoms with van der Waals surface area (Å²) in [6.45, 7) is 5.14. The molecule has 2 rings (SSSR count). The largest absolute Gasteiger partial charge is 0.480 e. The third-order valence-electron chi connectivity index (χ3n) is 3.98. The van der Waals surface area contributed by atoms with E-state index in [4.69, 9.17) is 5.11 Å². The van der Waals surface area contributed by atoms with Crippen molar-refractivity contribution in [1.82, 2.24) is 9.03 Å². The minimum atomic E-state index is -3.81. The number of hydrogen-bond acceptors (Lipinski definition) is 4. The van der Waals surface area contributed by atoms with Gasteiger partial charge in [0.1, 0.15) is 6.04 Å². The Hall–Kier alpha value is -0.910. The van der Waals surface area contributed by atoms with E-state index < -0.39 is 22.2 Å². The summed E-state index contributed by atoms with van der Waals surface area (Å²) in [5.74, 6) is -1.49. The van der Waals surface area contributed by atoms with Crippen molar-refractivity contribution < 1.29 is 18.3 Å². The van der Waals surface area contributed by atoms with E-state index in [0.29, 0.717) is 26.2 Å². The van der Waals surface area contributed by atoms with Gasteiger partial charge in [0.15, 0.2) is 0 Å². The second-order valence-electron chi connectivity index (χ2n) is 6.05. The fourth-order valence-corrected chi connectivity index (χ4v) is 4.39. The van der Waals surface area contributed by atoms with Crippen LogP contribution in [0.1, 0.15) is 13.8 Å². The third-order valence-corrected chi connectivity index (χ3v) is 6.29. The van der Waals surface area contributed by atoms with Gasteiger partial charge in [0.25, 0.3) is 10.2 Å². The number of benzene rings is 1. The fraction of sp³-hybridized carbons (Fsp3) is 0.533. The minimum absolute atomic E-state index is 0.325. The van der Waals surface area contributed by atoms with E-state index in [1.54, 1.807) is 13.8 Å². The van der Waals surface area contributed by atoms with E-state index >= 15 is 0 Å². The highest BCUT2D eigenvalue weighted by molar-refractivity contribution is 14.1. The van der Waals surface area contributed by atoms with Crippen LogP contribution in [0.5, 0.6) is 0 Å². The molecule has 9 heteroatoms. The summed E-state index contributed by atoms with van der Waals surface area (Å²) in [6, 6.07) is 6.94. The second-order valence-corrected chi connectivity index (χ2v) is 8.99. The van der Waals surface area contributed by atoms with Crippen LogP contribution in [0.25, 0.3) is 0 Å². The van der Waals surface area contributed by atoms with Crippen LogP contribution < -0.4 is 9.62 Å². The minimum Gasteiger partial charge on any atom is -0.480 e. The van der Waals surface area contributed by atoms with Crippen LogP contribution in [0, 0.1) is 9.49 Å². The van der Waals surface area contributed by atoms with Crippen molar-refractivity contribution in [2.24, 2.45) is 5.92 Å². The number of nitrogens with zero attached hydrogens (tertiary/aromatic N) is 2. The summed E-state index contributed by atoms with van der Waals surface area (Å²) >= 11 is 2.24. The molecule has 1 fully saturated rings. The lowest BCUT2D eigenvalue weighted by Gasteiger charge is -2.36. The van der Waals surface area contributed by atoms with E-state index in [1.165, 1.54) is 4.31 Å². The molecule has 0 bridgehead atoms. The van der Waals surface area contributed by atoms with E-state index in [1.807, 2.05) is 24.3 Å². The van der Waals surface area contributed by atoms with Gasteiger partial charge in [0.05, 0.1) is 0 Å². The lowest BCUT2D eigenvalue weighted by Crippen LogP contribution is -2.55. The maximum absolute atomic E-state index is 12.4. The number of carboxylic acids is 1. The molecule has 1 aromatic carbocycles. The zero-order valence-electron chi connectivity index (χ0n) is 13.6. The predicted molar refractivity (Wildman–Crippen MR) is 101 cm³/mol. The van der Waals surface area contributed by atoms with Gasteiger partial charge in [-0.1, -0.05) is 13.8 Å². The predicted octanol–water partition coefficient (Wildman–Crippen LogP) is 1.36. The molecule has 1 atom stereocenters. The summed E-state index contributed by atoms with van der Waals surface area (Å²) in [4.78, 5) is 13.3. The quantitative estimate of drug-likeness (QED) is 0.617. The van der Waals surface area contributed by atoms with Crippen molar-refractivity contribution in [3.63, 3.8) is 0 Å². The Morgan fingerprint density at radius 2 is 1.71 bits per heavy atom. The summed E-state index contributed by atoms with van der Waals surface area (Å²) in [7, 11) is -3.81. The van der Waals surface area contributed by atoms with Gasteiger partial charge in [-0.25, -0.2) is 0 Å². The summed E-state index contributed by atoms with van der Waals surface area (Å²) in [5, 5.41) is 9.16. The van der Waals surface area contributed by atoms with Gasteiger partial charge >= 0.3 is 5.97 Å². The zero-order chi connectivity index (χ0) is 17.9. The normalized spacial score (nSPS) is 17.9. The van der Waals surface area contributed by atoms with Gasteiger partial charge < -0.3 is 10.0 Å². The number of carboxylic acid groups (broad SMARTS) is 1. The van der Waals surface area contributed by atoms with Gasteiger partial charge in [0, 0.05) is 35.4 Å². The molecule has 1 aliphatic heterocycles. The van der Waals surface area contributed by atoms with Gasteiger partial charge in [0.2, 0.25) is 0 Å². The monoisotopic (exact) mass is 467 g/mol. The first kappa shape index (κ1) is 19.4. The molecule has 2 N–H and O–H groups in total. The first-order valence-electron chi connectivity index (χ1n) is 7.71. The molecule has 0 unspecified atom stereocenters. The Morgan fingerprint density at radius 3 is 2.17 bits per heavy atom. The Morgan fingerprint density at radius 1 is 1.17 bits per heavy atom. The number of carbonyl (C=O) groups is 1. The van der Waals surface area contributed by atoms with Crippen molar-refractivity contribution in [3.8, 4) is 0 Å². The van der Waals surface area contributed by atoms with Crippen LogP contribution in [0.3, 0.4) is 0 Å². The smallest absolute Gasteiger partial charge is 0.322 e. The van der Waals surface area contributed by atoms with E-state index in [-0.39, 0.29) is 5.92 Å². The molecule has 24 heavy (non-hydrogen) atoms. The van der Waals surface area contributed by atoms with E-state index in [9.17, 15) is 13.2 Å². The Kier molecular flexibility index (Phi) is 6.46. The van der Waals surface area contributed by atoms with Crippen LogP contribution in [0.2, 0.25) is 0 Å². The molecule has 0 saturated carbocycles. The summed E-state index contributed by atoms with van der Waals surface area (Å²) in [5.41, 5.74) is 1.06. The topological polar surface area (TPSA) is 90.0 Å². The summed E-state index contributed by atoms with van der Waals surface area (Å²) < 4.78 is 29.6. The average Bonchev–Trinajstić information content (AvgIpc) is 2.53. The highest BCUT2D eigenvalue weighted by Gasteiger charge is 2.32. The molecule has 134 valence electrons. The maximum Gasteiger partial charge on any atom is 0.322 e. The maximum atomic E-state index is 12.4. The zero-order valence-corrected chi connectivity index (χ0v) is 16.6. The first-order valence-corrected chi connectivity index (χ1v) is 10.2. The molecule has 1 aromatic rings. The lowest BCUT2D eigenvalue weighted by molar-refractivity contribution is -0.140. The van der Waals surface area contributed by atoms with Crippen LogP contribution in [0.4, 0.5) is 5.69 Å². The standard InChI is InChI=1S/C15H22IN3O4S/c1-11(2)14(15(20)21)17-24(22,23)19-9-7-18(8-10-19)13-5-3-12(16)4-6-13/h3-6,11,14,17H,7-10H2,1-2H3,(H,20,21)/t14-/m1/s1. The van der Waals surface area contributed by atoms with Gasteiger partial charge in [-0.05, 0) is 52.8 Å². The van der Waals surface area contributed by atoms with Crippen molar-refractivity contribution >= 4 is 44.5 Å². The van der Waals surface area contributed by atoms with Crippen LogP contribution in [0.15, 0.2) is 24.3 Å². The molecule has 1 saturated heterocycles. The molecule has 0 radical (unpaired) electrons. The Bertz CT molecular complexity index is 670. The molecule has 0 aliphatic carbocycles. The van der Waals surface area contributed by atoms with E-state index in [0.717, 1.165) is 9.26 Å². The second kappa shape index (κ2) is 7.98. The molecule has 1 aliphatic rings. The molecular weight excluding hydrogens is 445 g/mol. The summed E-state index contributed by atoms with van der Waals surface area (Å²) in [6.07, 6.45) is 0. The van der Waals surface area contributed by atoms with Gasteiger partial charge in [-0.15, -0.1) is 0 Å². The first-order chi connectivity index (χ1) is 11.2. The fourth-order valence-electron chi connectivity index (χ4n) is 2.55. The number of nitrogens with one attached hydrogen (secondary N) is 1. The van der Waals surface area contributed by atoms with E-state index in [2.05, 4.69) is 32.2 Å². The van der Waals surface area contributed by atoms with Gasteiger partial charge in [-0.3, -0.25) is 4.79 Å². The molecular formula is C15H22IN3O4S. The number of piperazine rings is 1. The number of rotatable bonds is 6. The molecule has 0 spiro atoms. The lowest BCUT2D eigenvalue weighted by atomic mass is 10.1. The van der Waals surface area contributed by atoms with Crippen LogP contribution in [-0.4, -0.2) is 56.0 Å².